The number of nitrogens with one attached hydrogen (secondary N) is 1. The summed E-state index contributed by atoms with van der Waals surface area (Å²) < 4.78 is 0. The molecular formula is C25H30N4. The van der Waals surface area contributed by atoms with Crippen molar-refractivity contribution >= 4 is 0 Å². The predicted molar refractivity (Wildman–Crippen MR) is 119 cm³/mol. The van der Waals surface area contributed by atoms with Gasteiger partial charge >= 0.3 is 0 Å². The van der Waals surface area contributed by atoms with Gasteiger partial charge in [-0.3, -0.25) is 14.9 Å². The number of pyridine rings is 2. The van der Waals surface area contributed by atoms with Gasteiger partial charge in [-0.15, -0.1) is 0 Å². The van der Waals surface area contributed by atoms with Gasteiger partial charge in [0, 0.05) is 43.8 Å². The molecule has 0 saturated carbocycles. The average molecular weight is 387 g/mol. The Bertz CT molecular complexity index is 1010. The van der Waals surface area contributed by atoms with E-state index in [0.717, 1.165) is 31.7 Å². The first-order valence-corrected chi connectivity index (χ1v) is 10.4. The molecule has 3 heterocycles. The zero-order chi connectivity index (χ0) is 20.4. The number of hydrogen-bond acceptors (Lipinski definition) is 4. The van der Waals surface area contributed by atoms with Crippen molar-refractivity contribution in [2.45, 2.75) is 46.3 Å². The van der Waals surface area contributed by atoms with E-state index in [1.54, 1.807) is 0 Å². The molecule has 0 amide bonds. The molecule has 0 fully saturated rings. The molecule has 1 atom stereocenters. The van der Waals surface area contributed by atoms with Crippen molar-refractivity contribution in [1.29, 1.82) is 0 Å². The number of benzene rings is 1. The summed E-state index contributed by atoms with van der Waals surface area (Å²) in [6.45, 7) is 9.10. The van der Waals surface area contributed by atoms with Gasteiger partial charge in [-0.05, 0) is 79.8 Å². The van der Waals surface area contributed by atoms with E-state index in [1.165, 1.54) is 39.1 Å². The number of fused-ring (bicyclic) bond motifs is 1. The van der Waals surface area contributed by atoms with Crippen LogP contribution in [0.3, 0.4) is 0 Å². The Labute approximate surface area is 174 Å². The second-order valence-corrected chi connectivity index (χ2v) is 8.38. The lowest BCUT2D eigenvalue weighted by Gasteiger charge is -2.31. The van der Waals surface area contributed by atoms with Crippen LogP contribution in [0.4, 0.5) is 0 Å². The maximum Gasteiger partial charge on any atom is 0.0573 e. The minimum atomic E-state index is 0.433. The van der Waals surface area contributed by atoms with Crippen LogP contribution in [0.5, 0.6) is 0 Å². The maximum absolute atomic E-state index is 4.64. The van der Waals surface area contributed by atoms with Crippen LogP contribution in [0.1, 0.15) is 33.6 Å². The van der Waals surface area contributed by atoms with E-state index in [0.29, 0.717) is 6.04 Å². The van der Waals surface area contributed by atoms with Gasteiger partial charge in [0.15, 0.2) is 0 Å². The molecule has 1 aliphatic heterocycles. The fraction of sp³-hybridized carbons (Fsp3) is 0.360. The monoisotopic (exact) mass is 386 g/mol. The minimum Gasteiger partial charge on any atom is -0.308 e. The third kappa shape index (κ3) is 4.55. The number of aryl methyl sites for hydroxylation is 3. The molecule has 0 radical (unpaired) electrons. The van der Waals surface area contributed by atoms with Crippen LogP contribution in [0, 0.1) is 20.8 Å². The first-order valence-electron chi connectivity index (χ1n) is 10.4. The van der Waals surface area contributed by atoms with Crippen LogP contribution >= 0.6 is 0 Å². The van der Waals surface area contributed by atoms with Gasteiger partial charge in [0.2, 0.25) is 0 Å². The second-order valence-electron chi connectivity index (χ2n) is 8.38. The van der Waals surface area contributed by atoms with Crippen molar-refractivity contribution in [2.75, 3.05) is 13.6 Å². The molecule has 1 aliphatic rings. The summed E-state index contributed by atoms with van der Waals surface area (Å²) >= 11 is 0. The summed E-state index contributed by atoms with van der Waals surface area (Å²) in [6, 6.07) is 13.6. The smallest absolute Gasteiger partial charge is 0.0573 e. The Morgan fingerprint density at radius 2 is 1.97 bits per heavy atom. The van der Waals surface area contributed by atoms with Crippen LogP contribution < -0.4 is 5.32 Å². The zero-order valence-electron chi connectivity index (χ0n) is 17.9. The van der Waals surface area contributed by atoms with E-state index in [9.17, 15) is 0 Å². The Hall–Kier alpha value is -2.56. The summed E-state index contributed by atoms with van der Waals surface area (Å²) in [5.74, 6) is 0. The molecule has 0 spiro atoms. The lowest BCUT2D eigenvalue weighted by molar-refractivity contribution is 0.271. The molecule has 1 aromatic carbocycles. The SMILES string of the molecule is Cc1cnc(CN(C)C[C@H]2Cc3c(cccc3-c3ccnc(C)c3)CN2)c(C)c1. The van der Waals surface area contributed by atoms with Gasteiger partial charge in [-0.2, -0.15) is 0 Å². The predicted octanol–water partition coefficient (Wildman–Crippen LogP) is 4.22. The quantitative estimate of drug-likeness (QED) is 0.713. The highest BCUT2D eigenvalue weighted by atomic mass is 15.1. The maximum atomic E-state index is 4.64. The normalized spacial score (nSPS) is 16.1. The van der Waals surface area contributed by atoms with E-state index < -0.39 is 0 Å². The molecule has 4 nitrogen and oxygen atoms in total. The Balaban J connectivity index is 1.49. The van der Waals surface area contributed by atoms with Crippen LogP contribution in [-0.2, 0) is 19.5 Å². The van der Waals surface area contributed by atoms with Crippen molar-refractivity contribution in [1.82, 2.24) is 20.2 Å². The highest BCUT2D eigenvalue weighted by Gasteiger charge is 2.22. The second kappa shape index (κ2) is 8.44. The average Bonchev–Trinajstić information content (AvgIpc) is 2.69. The van der Waals surface area contributed by atoms with E-state index in [-0.39, 0.29) is 0 Å². The number of hydrogen-bond donors (Lipinski definition) is 1. The highest BCUT2D eigenvalue weighted by molar-refractivity contribution is 5.69. The largest absolute Gasteiger partial charge is 0.308 e. The number of rotatable bonds is 5. The molecule has 4 heteroatoms. The number of aromatic nitrogens is 2. The first-order chi connectivity index (χ1) is 14.0. The molecule has 1 N–H and O–H groups in total. The van der Waals surface area contributed by atoms with Crippen LogP contribution in [0.15, 0.2) is 48.8 Å². The third-order valence-electron chi connectivity index (χ3n) is 5.79. The number of nitrogens with zero attached hydrogens (tertiary/aromatic N) is 3. The summed E-state index contributed by atoms with van der Waals surface area (Å²) in [7, 11) is 2.19. The standard InChI is InChI=1S/C25H30N4/c1-17-10-18(2)25(28-13-17)16-29(4)15-22-12-24-21(14-27-22)6-5-7-23(24)20-8-9-26-19(3)11-20/h5-11,13,22,27H,12,14-16H2,1-4H3/t22-/m1/s1. The summed E-state index contributed by atoms with van der Waals surface area (Å²) in [5, 5.41) is 3.73. The molecule has 0 aliphatic carbocycles. The molecule has 150 valence electrons. The van der Waals surface area contributed by atoms with Crippen LogP contribution in [-0.4, -0.2) is 34.5 Å². The fourth-order valence-electron chi connectivity index (χ4n) is 4.33. The molecule has 0 bridgehead atoms. The van der Waals surface area contributed by atoms with Crippen LogP contribution in [0.25, 0.3) is 11.1 Å². The van der Waals surface area contributed by atoms with Gasteiger partial charge in [-0.25, -0.2) is 0 Å². The van der Waals surface area contributed by atoms with E-state index in [1.807, 2.05) is 12.4 Å². The highest BCUT2D eigenvalue weighted by Crippen LogP contribution is 2.30. The Morgan fingerprint density at radius 1 is 1.10 bits per heavy atom. The summed E-state index contributed by atoms with van der Waals surface area (Å²) in [6.07, 6.45) is 4.92. The summed E-state index contributed by atoms with van der Waals surface area (Å²) in [4.78, 5) is 11.4. The van der Waals surface area contributed by atoms with Crippen molar-refractivity contribution < 1.29 is 0 Å². The van der Waals surface area contributed by atoms with Crippen molar-refractivity contribution in [3.8, 4) is 11.1 Å². The molecule has 0 unspecified atom stereocenters. The van der Waals surface area contributed by atoms with Crippen molar-refractivity contribution in [2.24, 2.45) is 0 Å². The van der Waals surface area contributed by atoms with Gasteiger partial charge in [0.25, 0.3) is 0 Å². The minimum absolute atomic E-state index is 0.433. The fourth-order valence-corrected chi connectivity index (χ4v) is 4.33. The van der Waals surface area contributed by atoms with Gasteiger partial charge in [0.1, 0.15) is 0 Å². The van der Waals surface area contributed by atoms with Gasteiger partial charge in [0.05, 0.1) is 5.69 Å². The Morgan fingerprint density at radius 3 is 2.76 bits per heavy atom. The molecule has 3 aromatic rings. The first kappa shape index (κ1) is 19.7. The third-order valence-corrected chi connectivity index (χ3v) is 5.79. The van der Waals surface area contributed by atoms with Crippen LogP contribution in [0.2, 0.25) is 0 Å². The van der Waals surface area contributed by atoms with E-state index >= 15 is 0 Å². The Kier molecular flexibility index (Phi) is 5.74. The molecule has 2 aromatic heterocycles. The number of likely N-dealkylation sites (N-methyl/N-ethyl adjacent to an activating group) is 1. The lowest BCUT2D eigenvalue weighted by atomic mass is 9.88. The van der Waals surface area contributed by atoms with E-state index in [4.69, 9.17) is 0 Å². The topological polar surface area (TPSA) is 41.1 Å². The van der Waals surface area contributed by atoms with Crippen molar-refractivity contribution in [3.63, 3.8) is 0 Å². The molecule has 4 rings (SSSR count). The van der Waals surface area contributed by atoms with Gasteiger partial charge in [-0.1, -0.05) is 24.3 Å². The van der Waals surface area contributed by atoms with Crippen molar-refractivity contribution in [3.05, 3.63) is 82.4 Å². The lowest BCUT2D eigenvalue weighted by Crippen LogP contribution is -2.43. The zero-order valence-corrected chi connectivity index (χ0v) is 17.9. The van der Waals surface area contributed by atoms with Gasteiger partial charge < -0.3 is 5.32 Å². The molecule has 0 saturated heterocycles. The summed E-state index contributed by atoms with van der Waals surface area (Å²) in [5.41, 5.74) is 10.2. The van der Waals surface area contributed by atoms with E-state index in [2.05, 4.69) is 84.4 Å². The molecule has 29 heavy (non-hydrogen) atoms. The molecular weight excluding hydrogens is 356 g/mol.